The molecule has 1 heterocycles. The van der Waals surface area contributed by atoms with Gasteiger partial charge in [-0.15, -0.1) is 0 Å². The maximum absolute atomic E-state index is 10.3. The zero-order valence-electron chi connectivity index (χ0n) is 8.27. The summed E-state index contributed by atoms with van der Waals surface area (Å²) >= 11 is 0. The van der Waals surface area contributed by atoms with Crippen molar-refractivity contribution < 1.29 is 24.9 Å². The number of ether oxygens (including phenoxy) is 1. The lowest BCUT2D eigenvalue weighted by Gasteiger charge is -2.29. The van der Waals surface area contributed by atoms with Crippen LogP contribution in [-0.4, -0.2) is 37.3 Å². The fraction of sp³-hybridized carbons (Fsp3) is 0.500. The van der Waals surface area contributed by atoms with Crippen molar-refractivity contribution in [2.24, 2.45) is 0 Å². The number of fused-ring (bicyclic) bond motifs is 1. The molecular formula is C10H13O5+. The highest BCUT2D eigenvalue weighted by molar-refractivity contribution is 5.91. The van der Waals surface area contributed by atoms with Crippen LogP contribution >= 0.6 is 0 Å². The van der Waals surface area contributed by atoms with Gasteiger partial charge in [0.2, 0.25) is 0 Å². The second-order valence-electron chi connectivity index (χ2n) is 4.16. The molecule has 1 aliphatic carbocycles. The lowest BCUT2D eigenvalue weighted by molar-refractivity contribution is 0.0760. The zero-order chi connectivity index (χ0) is 11.3. The van der Waals surface area contributed by atoms with Gasteiger partial charge >= 0.3 is 5.97 Å². The van der Waals surface area contributed by atoms with Crippen molar-refractivity contribution in [2.75, 3.05) is 0 Å². The van der Waals surface area contributed by atoms with Gasteiger partial charge in [0.25, 0.3) is 0 Å². The molecule has 2 rings (SSSR count). The van der Waals surface area contributed by atoms with Gasteiger partial charge in [-0.1, -0.05) is 0 Å². The minimum atomic E-state index is -1.53. The molecule has 5 heteroatoms. The summed E-state index contributed by atoms with van der Waals surface area (Å²) in [7, 11) is 0. The Hall–Kier alpha value is -1.33. The van der Waals surface area contributed by atoms with E-state index in [1.165, 1.54) is 6.26 Å². The highest BCUT2D eigenvalue weighted by atomic mass is 16.5. The third-order valence-electron chi connectivity index (χ3n) is 3.06. The molecular weight excluding hydrogens is 200 g/mol. The fourth-order valence-corrected chi connectivity index (χ4v) is 2.15. The van der Waals surface area contributed by atoms with Gasteiger partial charge in [-0.2, -0.15) is 0 Å². The molecule has 0 spiro atoms. The minimum Gasteiger partial charge on any atom is -0.472 e. The molecule has 0 aromatic rings. The smallest absolute Gasteiger partial charge is 0.472 e. The molecule has 0 aromatic carbocycles. The van der Waals surface area contributed by atoms with Gasteiger partial charge in [-0.3, -0.25) is 0 Å². The second-order valence-corrected chi connectivity index (χ2v) is 4.16. The molecule has 0 bridgehead atoms. The molecule has 1 saturated carbocycles. The first-order valence-corrected chi connectivity index (χ1v) is 4.65. The van der Waals surface area contributed by atoms with Crippen LogP contribution in [-0.2, 0) is 4.74 Å². The third-order valence-corrected chi connectivity index (χ3v) is 3.06. The van der Waals surface area contributed by atoms with Crippen molar-refractivity contribution >= 4 is 5.97 Å². The molecule has 82 valence electrons. The van der Waals surface area contributed by atoms with E-state index in [-0.39, 0.29) is 17.6 Å². The summed E-state index contributed by atoms with van der Waals surface area (Å²) in [6.07, 6.45) is 2.88. The topological polar surface area (TPSA) is 91.3 Å². The van der Waals surface area contributed by atoms with Gasteiger partial charge in [-0.25, -0.2) is 0 Å². The van der Waals surface area contributed by atoms with E-state index in [0.29, 0.717) is 6.42 Å². The van der Waals surface area contributed by atoms with Crippen LogP contribution in [0, 0.1) is 0 Å². The van der Waals surface area contributed by atoms with Crippen LogP contribution < -0.4 is 0 Å². The summed E-state index contributed by atoms with van der Waals surface area (Å²) in [6.45, 7) is 1.55. The van der Waals surface area contributed by atoms with Crippen molar-refractivity contribution in [3.05, 3.63) is 23.7 Å². The minimum absolute atomic E-state index is 0.113. The quantitative estimate of drug-likeness (QED) is 0.539. The molecule has 5 nitrogen and oxygen atoms in total. The number of carboxylic acid groups (broad SMARTS) is 1. The Morgan fingerprint density at radius 3 is 2.67 bits per heavy atom. The number of carboxylic acids is 1. The summed E-state index contributed by atoms with van der Waals surface area (Å²) in [5, 5.41) is 29.2. The van der Waals surface area contributed by atoms with Crippen LogP contribution in [0.15, 0.2) is 23.7 Å². The maximum atomic E-state index is 10.3. The van der Waals surface area contributed by atoms with E-state index in [1.807, 2.05) is 0 Å². The highest BCUT2D eigenvalue weighted by Crippen LogP contribution is 2.48. The Balaban J connectivity index is 2.47. The zero-order valence-corrected chi connectivity index (χ0v) is 8.27. The number of aliphatic hydroxyl groups is 2. The van der Waals surface area contributed by atoms with Crippen LogP contribution in [0.4, 0.5) is 0 Å². The third kappa shape index (κ3) is 1.27. The van der Waals surface area contributed by atoms with E-state index >= 15 is 0 Å². The molecule has 4 N–H and O–H groups in total. The summed E-state index contributed by atoms with van der Waals surface area (Å²) in [5.41, 5.74) is -2.56. The van der Waals surface area contributed by atoms with E-state index in [2.05, 4.69) is 0 Å². The number of rotatable bonds is 1. The molecule has 0 amide bonds. The van der Waals surface area contributed by atoms with E-state index < -0.39 is 17.2 Å². The second kappa shape index (κ2) is 2.84. The van der Waals surface area contributed by atoms with Crippen molar-refractivity contribution in [1.82, 2.24) is 0 Å². The standard InChI is InChI=1S/C10H12O5/c1-9(13)2-3-10(14)6(8(11)12)4-15-5-7(9)10/h4-5,13-14H,2-3H2,1H3,(H,11,12)/p+1. The first-order chi connectivity index (χ1) is 6.88. The van der Waals surface area contributed by atoms with Crippen molar-refractivity contribution in [3.63, 3.8) is 0 Å². The van der Waals surface area contributed by atoms with Crippen LogP contribution in [0.1, 0.15) is 19.8 Å². The monoisotopic (exact) mass is 213 g/mol. The lowest BCUT2D eigenvalue weighted by atomic mass is 9.85. The van der Waals surface area contributed by atoms with E-state index in [9.17, 15) is 10.2 Å². The van der Waals surface area contributed by atoms with Gasteiger partial charge < -0.3 is 24.9 Å². The average Bonchev–Trinajstić information content (AvgIpc) is 2.37. The SMILES string of the molecule is CC1(O)CCC2(O)C(C(O)=[OH+])=COC=C12. The number of aliphatic hydroxyl groups excluding tert-OH is 1. The van der Waals surface area contributed by atoms with E-state index in [1.54, 1.807) is 6.92 Å². The molecule has 1 fully saturated rings. The fourth-order valence-electron chi connectivity index (χ4n) is 2.15. The van der Waals surface area contributed by atoms with Gasteiger partial charge in [0, 0.05) is 5.57 Å². The van der Waals surface area contributed by atoms with Crippen LogP contribution in [0.3, 0.4) is 0 Å². The van der Waals surface area contributed by atoms with Gasteiger partial charge in [0.15, 0.2) is 5.57 Å². The number of aliphatic carboxylic acids is 1. The maximum Gasteiger partial charge on any atom is 0.517 e. The van der Waals surface area contributed by atoms with Crippen molar-refractivity contribution in [2.45, 2.75) is 31.0 Å². The predicted molar refractivity (Wildman–Crippen MR) is 51.6 cm³/mol. The van der Waals surface area contributed by atoms with Crippen LogP contribution in [0.2, 0.25) is 0 Å². The Labute approximate surface area is 86.3 Å². The summed E-state index contributed by atoms with van der Waals surface area (Å²) in [6, 6.07) is 0. The van der Waals surface area contributed by atoms with Crippen LogP contribution in [0.5, 0.6) is 0 Å². The van der Waals surface area contributed by atoms with Crippen molar-refractivity contribution in [1.29, 1.82) is 0 Å². The number of hydrogen-bond donors (Lipinski definition) is 3. The van der Waals surface area contributed by atoms with Gasteiger partial charge in [-0.05, 0) is 19.8 Å². The molecule has 2 atom stereocenters. The van der Waals surface area contributed by atoms with Gasteiger partial charge in [0.05, 0.1) is 11.9 Å². The predicted octanol–water partition coefficient (Wildman–Crippen LogP) is 0.121. The summed E-state index contributed by atoms with van der Waals surface area (Å²) in [4.78, 5) is 9.01. The Morgan fingerprint density at radius 2 is 2.07 bits per heavy atom. The molecule has 15 heavy (non-hydrogen) atoms. The normalized spacial score (nSPS) is 38.9. The first-order valence-electron chi connectivity index (χ1n) is 4.65. The summed E-state index contributed by atoms with van der Waals surface area (Å²) in [5.74, 6) is -0.985. The Bertz CT molecular complexity index is 379. The Kier molecular flexibility index (Phi) is 1.93. The average molecular weight is 213 g/mol. The molecule has 0 aromatic heterocycles. The van der Waals surface area contributed by atoms with Crippen molar-refractivity contribution in [3.8, 4) is 0 Å². The largest absolute Gasteiger partial charge is 0.517 e. The number of hydrogen-bond acceptors (Lipinski definition) is 3. The molecule has 2 aliphatic rings. The van der Waals surface area contributed by atoms with Gasteiger partial charge in [0.1, 0.15) is 11.9 Å². The highest BCUT2D eigenvalue weighted by Gasteiger charge is 2.56. The van der Waals surface area contributed by atoms with Crippen LogP contribution in [0.25, 0.3) is 0 Å². The van der Waals surface area contributed by atoms with E-state index in [0.717, 1.165) is 6.26 Å². The van der Waals surface area contributed by atoms with E-state index in [4.69, 9.17) is 14.6 Å². The molecule has 0 radical (unpaired) electrons. The molecule has 1 aliphatic heterocycles. The molecule has 0 saturated heterocycles. The Morgan fingerprint density at radius 1 is 1.40 bits per heavy atom. The summed E-state index contributed by atoms with van der Waals surface area (Å²) < 4.78 is 4.87. The first kappa shape index (κ1) is 10.2. The molecule has 2 unspecified atom stereocenters. The lowest BCUT2D eigenvalue weighted by Crippen LogP contribution is -2.40.